The summed E-state index contributed by atoms with van der Waals surface area (Å²) in [5.74, 6) is 2.66. The first-order valence-electron chi connectivity index (χ1n) is 10.3. The summed E-state index contributed by atoms with van der Waals surface area (Å²) in [5.41, 5.74) is 2.76. The first-order valence-corrected chi connectivity index (χ1v) is 10.3. The largest absolute Gasteiger partial charge is 0.353 e. The Kier molecular flexibility index (Phi) is 4.82. The van der Waals surface area contributed by atoms with Crippen molar-refractivity contribution in [1.82, 2.24) is 20.0 Å². The lowest BCUT2D eigenvalue weighted by molar-refractivity contribution is 0.208. The van der Waals surface area contributed by atoms with Gasteiger partial charge in [-0.25, -0.2) is 9.78 Å². The third-order valence-corrected chi connectivity index (χ3v) is 5.65. The van der Waals surface area contributed by atoms with E-state index in [0.29, 0.717) is 24.8 Å². The van der Waals surface area contributed by atoms with Crippen molar-refractivity contribution in [1.29, 1.82) is 0 Å². The molecule has 8 nitrogen and oxygen atoms in total. The zero-order valence-corrected chi connectivity index (χ0v) is 16.9. The molecule has 1 aliphatic carbocycles. The Hall–Kier alpha value is -3.42. The number of aryl methyl sites for hydroxylation is 1. The Morgan fingerprint density at radius 3 is 2.60 bits per heavy atom. The quantitative estimate of drug-likeness (QED) is 0.714. The van der Waals surface area contributed by atoms with Gasteiger partial charge >= 0.3 is 6.03 Å². The van der Waals surface area contributed by atoms with Crippen LogP contribution in [0, 0.1) is 6.92 Å². The lowest BCUT2D eigenvalue weighted by atomic mass is 10.2. The van der Waals surface area contributed by atoms with Gasteiger partial charge in [-0.15, -0.1) is 0 Å². The standard InChI is InChI=1S/C22H24N6O2/c1-15-4-2-3-5-18(15)24-22(29)28-12-10-27(11-13-28)19-9-8-17(14-23-19)20-25-21(30-26-20)16-6-7-16/h2-5,8-9,14,16H,6-7,10-13H2,1H3,(H,24,29). The number of pyridine rings is 1. The van der Waals surface area contributed by atoms with Crippen molar-refractivity contribution in [3.8, 4) is 11.4 Å². The lowest BCUT2D eigenvalue weighted by Gasteiger charge is -2.35. The van der Waals surface area contributed by atoms with Gasteiger partial charge in [0.1, 0.15) is 5.82 Å². The number of benzene rings is 1. The van der Waals surface area contributed by atoms with Gasteiger partial charge in [-0.1, -0.05) is 23.4 Å². The summed E-state index contributed by atoms with van der Waals surface area (Å²) in [6.07, 6.45) is 4.05. The lowest BCUT2D eigenvalue weighted by Crippen LogP contribution is -2.50. The monoisotopic (exact) mass is 404 g/mol. The molecule has 1 saturated carbocycles. The number of nitrogens with one attached hydrogen (secondary N) is 1. The Morgan fingerprint density at radius 2 is 1.90 bits per heavy atom. The van der Waals surface area contributed by atoms with Crippen LogP contribution < -0.4 is 10.2 Å². The van der Waals surface area contributed by atoms with Crippen LogP contribution in [0.2, 0.25) is 0 Å². The maximum Gasteiger partial charge on any atom is 0.321 e. The Bertz CT molecular complexity index is 1040. The van der Waals surface area contributed by atoms with Crippen LogP contribution in [-0.4, -0.2) is 52.2 Å². The molecule has 3 heterocycles. The van der Waals surface area contributed by atoms with E-state index in [-0.39, 0.29) is 6.03 Å². The second-order valence-corrected chi connectivity index (χ2v) is 7.85. The molecule has 0 atom stereocenters. The number of nitrogens with zero attached hydrogens (tertiary/aromatic N) is 5. The van der Waals surface area contributed by atoms with Gasteiger partial charge in [0.2, 0.25) is 11.7 Å². The maximum atomic E-state index is 12.6. The van der Waals surface area contributed by atoms with Gasteiger partial charge in [0.15, 0.2) is 0 Å². The molecule has 0 spiro atoms. The van der Waals surface area contributed by atoms with Gasteiger partial charge in [0.25, 0.3) is 0 Å². The molecule has 2 aromatic heterocycles. The van der Waals surface area contributed by atoms with Crippen molar-refractivity contribution in [3.05, 3.63) is 54.0 Å². The minimum Gasteiger partial charge on any atom is -0.353 e. The molecular weight excluding hydrogens is 380 g/mol. The van der Waals surface area contributed by atoms with E-state index in [9.17, 15) is 4.79 Å². The predicted octanol–water partition coefficient (Wildman–Crippen LogP) is 3.67. The van der Waals surface area contributed by atoms with E-state index in [1.807, 2.05) is 48.2 Å². The van der Waals surface area contributed by atoms with E-state index >= 15 is 0 Å². The van der Waals surface area contributed by atoms with Crippen LogP contribution in [0.25, 0.3) is 11.4 Å². The number of para-hydroxylation sites is 1. The van der Waals surface area contributed by atoms with Crippen LogP contribution in [0.5, 0.6) is 0 Å². The van der Waals surface area contributed by atoms with Crippen molar-refractivity contribution in [3.63, 3.8) is 0 Å². The van der Waals surface area contributed by atoms with Crippen LogP contribution >= 0.6 is 0 Å². The number of piperazine rings is 1. The molecule has 2 amide bonds. The molecule has 1 aliphatic heterocycles. The Labute approximate surface area is 174 Å². The number of amides is 2. The molecule has 1 saturated heterocycles. The fourth-order valence-electron chi connectivity index (χ4n) is 3.60. The van der Waals surface area contributed by atoms with Crippen LogP contribution in [0.15, 0.2) is 47.1 Å². The maximum absolute atomic E-state index is 12.6. The molecule has 0 radical (unpaired) electrons. The average Bonchev–Trinajstić information content (AvgIpc) is 3.52. The van der Waals surface area contributed by atoms with Crippen LogP contribution in [0.4, 0.5) is 16.3 Å². The highest BCUT2D eigenvalue weighted by molar-refractivity contribution is 5.90. The second-order valence-electron chi connectivity index (χ2n) is 7.85. The molecule has 30 heavy (non-hydrogen) atoms. The first kappa shape index (κ1) is 18.6. The third-order valence-electron chi connectivity index (χ3n) is 5.65. The summed E-state index contributed by atoms with van der Waals surface area (Å²) in [6, 6.07) is 11.7. The summed E-state index contributed by atoms with van der Waals surface area (Å²) in [6.45, 7) is 4.76. The Balaban J connectivity index is 1.18. The summed E-state index contributed by atoms with van der Waals surface area (Å²) in [5, 5.41) is 7.07. The van der Waals surface area contributed by atoms with Crippen molar-refractivity contribution >= 4 is 17.5 Å². The summed E-state index contributed by atoms with van der Waals surface area (Å²) < 4.78 is 5.33. The normalized spacial score (nSPS) is 16.6. The number of carbonyl (C=O) groups excluding carboxylic acids is 1. The highest BCUT2D eigenvalue weighted by Gasteiger charge is 2.30. The van der Waals surface area contributed by atoms with Crippen LogP contribution in [0.1, 0.15) is 30.2 Å². The highest BCUT2D eigenvalue weighted by atomic mass is 16.5. The van der Waals surface area contributed by atoms with Gasteiger partial charge < -0.3 is 19.6 Å². The van der Waals surface area contributed by atoms with Crippen molar-refractivity contribution in [2.75, 3.05) is 36.4 Å². The van der Waals surface area contributed by atoms with E-state index in [2.05, 4.69) is 25.3 Å². The zero-order valence-electron chi connectivity index (χ0n) is 16.9. The minimum atomic E-state index is -0.0594. The van der Waals surface area contributed by atoms with Crippen LogP contribution in [-0.2, 0) is 0 Å². The van der Waals surface area contributed by atoms with E-state index < -0.39 is 0 Å². The summed E-state index contributed by atoms with van der Waals surface area (Å²) in [4.78, 5) is 25.7. The van der Waals surface area contributed by atoms with E-state index in [1.54, 1.807) is 6.20 Å². The van der Waals surface area contributed by atoms with Gasteiger partial charge in [0.05, 0.1) is 0 Å². The molecule has 8 heteroatoms. The van der Waals surface area contributed by atoms with Crippen molar-refractivity contribution in [2.45, 2.75) is 25.7 Å². The molecule has 0 unspecified atom stereocenters. The Morgan fingerprint density at radius 1 is 1.10 bits per heavy atom. The van der Waals surface area contributed by atoms with Gasteiger partial charge in [-0.2, -0.15) is 4.98 Å². The van der Waals surface area contributed by atoms with E-state index in [0.717, 1.165) is 54.5 Å². The zero-order chi connectivity index (χ0) is 20.5. The smallest absolute Gasteiger partial charge is 0.321 e. The molecule has 1 N–H and O–H groups in total. The SMILES string of the molecule is Cc1ccccc1NC(=O)N1CCN(c2ccc(-c3noc(C4CC4)n3)cn2)CC1. The second kappa shape index (κ2) is 7.78. The van der Waals surface area contributed by atoms with E-state index in [1.165, 1.54) is 0 Å². The number of carbonyl (C=O) groups is 1. The van der Waals surface area contributed by atoms with Crippen molar-refractivity contribution in [2.24, 2.45) is 0 Å². The first-order chi connectivity index (χ1) is 14.7. The number of urea groups is 1. The number of aromatic nitrogens is 3. The molecule has 2 aliphatic rings. The number of rotatable bonds is 4. The molecule has 154 valence electrons. The topological polar surface area (TPSA) is 87.4 Å². The minimum absolute atomic E-state index is 0.0594. The average molecular weight is 404 g/mol. The van der Waals surface area contributed by atoms with Gasteiger partial charge in [0, 0.05) is 49.5 Å². The number of hydrogen-bond donors (Lipinski definition) is 1. The highest BCUT2D eigenvalue weighted by Crippen LogP contribution is 2.39. The predicted molar refractivity (Wildman–Crippen MR) is 113 cm³/mol. The van der Waals surface area contributed by atoms with Gasteiger partial charge in [-0.05, 0) is 43.5 Å². The molecule has 1 aromatic carbocycles. The molecular formula is C22H24N6O2. The fourth-order valence-corrected chi connectivity index (χ4v) is 3.60. The van der Waals surface area contributed by atoms with Crippen molar-refractivity contribution < 1.29 is 9.32 Å². The molecule has 5 rings (SSSR count). The third kappa shape index (κ3) is 3.85. The number of anilines is 2. The van der Waals surface area contributed by atoms with E-state index in [4.69, 9.17) is 4.52 Å². The van der Waals surface area contributed by atoms with Gasteiger partial charge in [-0.3, -0.25) is 0 Å². The summed E-state index contributed by atoms with van der Waals surface area (Å²) in [7, 11) is 0. The number of hydrogen-bond acceptors (Lipinski definition) is 6. The molecule has 3 aromatic rings. The van der Waals surface area contributed by atoms with Crippen LogP contribution in [0.3, 0.4) is 0 Å². The summed E-state index contributed by atoms with van der Waals surface area (Å²) >= 11 is 0. The fraction of sp³-hybridized carbons (Fsp3) is 0.364. The molecule has 2 fully saturated rings. The molecule has 0 bridgehead atoms.